The summed E-state index contributed by atoms with van der Waals surface area (Å²) in [6.07, 6.45) is 1.24. The van der Waals surface area contributed by atoms with Crippen LogP contribution in [0.4, 0.5) is 0 Å². The monoisotopic (exact) mass is 317 g/mol. The lowest BCUT2D eigenvalue weighted by atomic mass is 10.3. The van der Waals surface area contributed by atoms with Crippen molar-refractivity contribution < 1.29 is 0 Å². The van der Waals surface area contributed by atoms with Gasteiger partial charge in [-0.15, -0.1) is 11.3 Å². The average Bonchev–Trinajstić information content (AvgIpc) is 2.76. The van der Waals surface area contributed by atoms with Crippen LogP contribution >= 0.6 is 27.3 Å². The topological polar surface area (TPSA) is 27.3 Å². The SMILES string of the molecule is Brc1ccc(CNCCCN2CCNCC2)s1. The fourth-order valence-electron chi connectivity index (χ4n) is 2.02. The van der Waals surface area contributed by atoms with Gasteiger partial charge in [0, 0.05) is 37.6 Å². The molecule has 0 aromatic carbocycles. The minimum atomic E-state index is 0.998. The molecule has 1 saturated heterocycles. The van der Waals surface area contributed by atoms with E-state index in [1.165, 1.54) is 34.7 Å². The van der Waals surface area contributed by atoms with Gasteiger partial charge in [0.05, 0.1) is 3.79 Å². The molecule has 0 aliphatic carbocycles. The Balaban J connectivity index is 1.51. The van der Waals surface area contributed by atoms with Gasteiger partial charge in [-0.2, -0.15) is 0 Å². The van der Waals surface area contributed by atoms with E-state index < -0.39 is 0 Å². The van der Waals surface area contributed by atoms with E-state index in [2.05, 4.69) is 43.6 Å². The van der Waals surface area contributed by atoms with Gasteiger partial charge >= 0.3 is 0 Å². The number of piperazine rings is 1. The number of thiophene rings is 1. The maximum atomic E-state index is 3.50. The molecular formula is C12H20BrN3S. The van der Waals surface area contributed by atoms with E-state index in [-0.39, 0.29) is 0 Å². The highest BCUT2D eigenvalue weighted by Crippen LogP contribution is 2.21. The van der Waals surface area contributed by atoms with Gasteiger partial charge in [0.2, 0.25) is 0 Å². The molecule has 2 N–H and O–H groups in total. The van der Waals surface area contributed by atoms with Crippen LogP contribution in [-0.2, 0) is 6.54 Å². The van der Waals surface area contributed by atoms with Gasteiger partial charge < -0.3 is 15.5 Å². The zero-order valence-corrected chi connectivity index (χ0v) is 12.4. The van der Waals surface area contributed by atoms with Crippen LogP contribution in [0, 0.1) is 0 Å². The Labute approximate surface area is 116 Å². The number of nitrogens with one attached hydrogen (secondary N) is 2. The summed E-state index contributed by atoms with van der Waals surface area (Å²) < 4.78 is 1.22. The van der Waals surface area contributed by atoms with Crippen molar-refractivity contribution in [2.24, 2.45) is 0 Å². The number of halogens is 1. The van der Waals surface area contributed by atoms with Gasteiger partial charge in [-0.3, -0.25) is 0 Å². The van der Waals surface area contributed by atoms with Crippen molar-refractivity contribution in [2.75, 3.05) is 39.3 Å². The number of nitrogens with zero attached hydrogens (tertiary/aromatic N) is 1. The highest BCUT2D eigenvalue weighted by molar-refractivity contribution is 9.11. The van der Waals surface area contributed by atoms with Crippen molar-refractivity contribution in [3.63, 3.8) is 0 Å². The molecule has 2 rings (SSSR count). The number of rotatable bonds is 6. The van der Waals surface area contributed by atoms with Crippen LogP contribution in [0.25, 0.3) is 0 Å². The normalized spacial score (nSPS) is 17.5. The van der Waals surface area contributed by atoms with Crippen molar-refractivity contribution >= 4 is 27.3 Å². The maximum absolute atomic E-state index is 3.50. The van der Waals surface area contributed by atoms with E-state index >= 15 is 0 Å². The van der Waals surface area contributed by atoms with Crippen LogP contribution in [0.3, 0.4) is 0 Å². The first-order valence-electron chi connectivity index (χ1n) is 6.22. The second-order valence-electron chi connectivity index (χ2n) is 4.33. The van der Waals surface area contributed by atoms with Crippen molar-refractivity contribution in [2.45, 2.75) is 13.0 Å². The highest BCUT2D eigenvalue weighted by Gasteiger charge is 2.07. The molecule has 17 heavy (non-hydrogen) atoms. The lowest BCUT2D eigenvalue weighted by molar-refractivity contribution is 0.237. The summed E-state index contributed by atoms with van der Waals surface area (Å²) in [6, 6.07) is 4.29. The summed E-state index contributed by atoms with van der Waals surface area (Å²) in [6.45, 7) is 8.04. The minimum Gasteiger partial charge on any atom is -0.314 e. The van der Waals surface area contributed by atoms with Crippen molar-refractivity contribution in [3.8, 4) is 0 Å². The Morgan fingerprint density at radius 2 is 2.18 bits per heavy atom. The van der Waals surface area contributed by atoms with Crippen LogP contribution in [0.5, 0.6) is 0 Å². The first-order valence-corrected chi connectivity index (χ1v) is 7.83. The molecule has 3 nitrogen and oxygen atoms in total. The van der Waals surface area contributed by atoms with Gasteiger partial charge in [0.15, 0.2) is 0 Å². The fraction of sp³-hybridized carbons (Fsp3) is 0.667. The Bertz CT molecular complexity index is 323. The van der Waals surface area contributed by atoms with Gasteiger partial charge in [-0.05, 0) is 47.6 Å². The molecule has 0 bridgehead atoms. The molecule has 96 valence electrons. The molecule has 0 amide bonds. The zero-order chi connectivity index (χ0) is 11.9. The van der Waals surface area contributed by atoms with Crippen molar-refractivity contribution in [1.82, 2.24) is 15.5 Å². The van der Waals surface area contributed by atoms with Crippen LogP contribution in [0.15, 0.2) is 15.9 Å². The second-order valence-corrected chi connectivity index (χ2v) is 6.88. The predicted octanol–water partition coefficient (Wildman–Crippen LogP) is 1.90. The molecule has 5 heteroatoms. The average molecular weight is 318 g/mol. The van der Waals surface area contributed by atoms with Crippen LogP contribution < -0.4 is 10.6 Å². The van der Waals surface area contributed by atoms with E-state index in [0.717, 1.165) is 26.2 Å². The lowest BCUT2D eigenvalue weighted by Crippen LogP contribution is -2.44. The molecule has 0 spiro atoms. The summed E-state index contributed by atoms with van der Waals surface area (Å²) in [4.78, 5) is 3.94. The van der Waals surface area contributed by atoms with Gasteiger partial charge in [0.25, 0.3) is 0 Å². The molecule has 1 aliphatic rings. The lowest BCUT2D eigenvalue weighted by Gasteiger charge is -2.27. The van der Waals surface area contributed by atoms with Gasteiger partial charge in [-0.25, -0.2) is 0 Å². The summed E-state index contributed by atoms with van der Waals surface area (Å²) in [7, 11) is 0. The molecule has 0 saturated carbocycles. The first kappa shape index (κ1) is 13.5. The molecule has 1 aliphatic heterocycles. The quantitative estimate of drug-likeness (QED) is 0.785. The molecule has 1 aromatic rings. The zero-order valence-electron chi connectivity index (χ0n) is 10.0. The summed E-state index contributed by atoms with van der Waals surface area (Å²) >= 11 is 5.29. The Morgan fingerprint density at radius 3 is 2.88 bits per heavy atom. The second kappa shape index (κ2) is 7.48. The Kier molecular flexibility index (Phi) is 5.94. The molecule has 2 heterocycles. The fourth-order valence-corrected chi connectivity index (χ4v) is 3.47. The van der Waals surface area contributed by atoms with Crippen LogP contribution in [-0.4, -0.2) is 44.2 Å². The summed E-state index contributed by atoms with van der Waals surface area (Å²) in [5, 5.41) is 6.88. The highest BCUT2D eigenvalue weighted by atomic mass is 79.9. The smallest absolute Gasteiger partial charge is 0.0701 e. The predicted molar refractivity (Wildman–Crippen MR) is 77.7 cm³/mol. The minimum absolute atomic E-state index is 0.998. The summed E-state index contributed by atoms with van der Waals surface area (Å²) in [5.41, 5.74) is 0. The molecule has 0 atom stereocenters. The standard InChI is InChI=1S/C12H20BrN3S/c13-12-3-2-11(17-12)10-15-4-1-7-16-8-5-14-6-9-16/h2-3,14-15H,1,4-10H2. The first-order chi connectivity index (χ1) is 8.34. The number of hydrogen-bond donors (Lipinski definition) is 2. The molecule has 0 unspecified atom stereocenters. The Hall–Kier alpha value is 0.0600. The molecule has 0 radical (unpaired) electrons. The van der Waals surface area contributed by atoms with Crippen molar-refractivity contribution in [3.05, 3.63) is 20.8 Å². The third-order valence-electron chi connectivity index (χ3n) is 2.97. The molecular weight excluding hydrogens is 298 g/mol. The Morgan fingerprint density at radius 1 is 1.35 bits per heavy atom. The van der Waals surface area contributed by atoms with Gasteiger partial charge in [-0.1, -0.05) is 0 Å². The largest absolute Gasteiger partial charge is 0.314 e. The van der Waals surface area contributed by atoms with E-state index in [4.69, 9.17) is 0 Å². The van der Waals surface area contributed by atoms with E-state index in [1.54, 1.807) is 0 Å². The summed E-state index contributed by atoms with van der Waals surface area (Å²) in [5.74, 6) is 0. The van der Waals surface area contributed by atoms with E-state index in [9.17, 15) is 0 Å². The molecule has 1 aromatic heterocycles. The van der Waals surface area contributed by atoms with Crippen LogP contribution in [0.2, 0.25) is 0 Å². The van der Waals surface area contributed by atoms with E-state index in [0.29, 0.717) is 0 Å². The third-order valence-corrected chi connectivity index (χ3v) is 4.59. The van der Waals surface area contributed by atoms with Gasteiger partial charge in [0.1, 0.15) is 0 Å². The molecule has 1 fully saturated rings. The number of hydrogen-bond acceptors (Lipinski definition) is 4. The van der Waals surface area contributed by atoms with Crippen LogP contribution in [0.1, 0.15) is 11.3 Å². The third kappa shape index (κ3) is 5.06. The van der Waals surface area contributed by atoms with E-state index in [1.807, 2.05) is 11.3 Å². The van der Waals surface area contributed by atoms with Crippen molar-refractivity contribution in [1.29, 1.82) is 0 Å². The maximum Gasteiger partial charge on any atom is 0.0701 e.